The summed E-state index contributed by atoms with van der Waals surface area (Å²) >= 11 is 2.29. The summed E-state index contributed by atoms with van der Waals surface area (Å²) in [6.07, 6.45) is 6.80. The van der Waals surface area contributed by atoms with E-state index in [0.717, 1.165) is 32.4 Å². The molecule has 1 N–H and O–H groups in total. The first-order valence-corrected chi connectivity index (χ1v) is 6.85. The molecule has 0 radical (unpaired) electrons. The second kappa shape index (κ2) is 12.1. The molecule has 0 amide bonds. The topological polar surface area (TPSA) is 12.0 Å². The molecule has 86 valence electrons. The zero-order chi connectivity index (χ0) is 11.4. The maximum atomic E-state index is 3.87. The fourth-order valence-corrected chi connectivity index (χ4v) is 1.54. The lowest BCUT2D eigenvalue weighted by Gasteiger charge is -1.96. The van der Waals surface area contributed by atoms with Crippen LogP contribution < -0.4 is 5.32 Å². The molecule has 0 unspecified atom stereocenters. The fraction of sp³-hybridized carbons (Fsp3) is 0.692. The third kappa shape index (κ3) is 14.0. The zero-order valence-corrected chi connectivity index (χ0v) is 11.9. The summed E-state index contributed by atoms with van der Waals surface area (Å²) in [6.45, 7) is 8.20. The minimum absolute atomic E-state index is 0.985. The first kappa shape index (κ1) is 15.0. The van der Waals surface area contributed by atoms with Gasteiger partial charge in [0, 0.05) is 19.4 Å². The minimum Gasteiger partial charge on any atom is -0.316 e. The van der Waals surface area contributed by atoms with E-state index in [-0.39, 0.29) is 0 Å². The summed E-state index contributed by atoms with van der Waals surface area (Å²) in [5.41, 5.74) is 0. The maximum Gasteiger partial charge on any atom is 0.0214 e. The Morgan fingerprint density at radius 3 is 2.60 bits per heavy atom. The molecule has 0 saturated heterocycles. The van der Waals surface area contributed by atoms with Crippen molar-refractivity contribution in [2.45, 2.75) is 45.4 Å². The van der Waals surface area contributed by atoms with Crippen molar-refractivity contribution in [3.8, 4) is 11.8 Å². The van der Waals surface area contributed by atoms with Crippen LogP contribution in [0, 0.1) is 11.8 Å². The Bertz CT molecular complexity index is 212. The molecule has 0 rings (SSSR count). The average Bonchev–Trinajstić information content (AvgIpc) is 2.20. The van der Waals surface area contributed by atoms with Gasteiger partial charge in [0.1, 0.15) is 0 Å². The Morgan fingerprint density at radius 1 is 1.20 bits per heavy atom. The lowest BCUT2D eigenvalue weighted by Crippen LogP contribution is -2.15. The Labute approximate surface area is 108 Å². The van der Waals surface area contributed by atoms with Crippen molar-refractivity contribution >= 4 is 22.6 Å². The van der Waals surface area contributed by atoms with Crippen molar-refractivity contribution in [2.24, 2.45) is 0 Å². The van der Waals surface area contributed by atoms with Gasteiger partial charge < -0.3 is 5.32 Å². The Kier molecular flexibility index (Phi) is 12.1. The summed E-state index contributed by atoms with van der Waals surface area (Å²) in [5, 5.41) is 3.34. The zero-order valence-electron chi connectivity index (χ0n) is 9.74. The Balaban J connectivity index is 3.13. The van der Waals surface area contributed by atoms with Crippen molar-refractivity contribution in [2.75, 3.05) is 13.1 Å². The number of hydrogen-bond donors (Lipinski definition) is 1. The minimum atomic E-state index is 0.985. The molecule has 0 aliphatic heterocycles. The van der Waals surface area contributed by atoms with Gasteiger partial charge in [-0.2, -0.15) is 0 Å². The molecule has 1 nitrogen and oxygen atoms in total. The Morgan fingerprint density at radius 2 is 1.93 bits per heavy atom. The number of allylic oxidation sites excluding steroid dienone is 1. The lowest BCUT2D eigenvalue weighted by molar-refractivity contribution is 0.682. The molecule has 0 aromatic carbocycles. The van der Waals surface area contributed by atoms with Crippen LogP contribution >= 0.6 is 22.6 Å². The first-order chi connectivity index (χ1) is 7.27. The molecule has 2 heteroatoms. The molecule has 0 heterocycles. The molecular formula is C13H22IN. The summed E-state index contributed by atoms with van der Waals surface area (Å²) in [4.78, 5) is 0. The number of nitrogens with one attached hydrogen (secondary N) is 1. The van der Waals surface area contributed by atoms with E-state index in [1.165, 1.54) is 22.8 Å². The van der Waals surface area contributed by atoms with Crippen molar-refractivity contribution in [3.63, 3.8) is 0 Å². The monoisotopic (exact) mass is 319 g/mol. The molecule has 15 heavy (non-hydrogen) atoms. The van der Waals surface area contributed by atoms with Crippen LogP contribution in [0.15, 0.2) is 10.2 Å². The number of hydrogen-bond acceptors (Lipinski definition) is 1. The summed E-state index contributed by atoms with van der Waals surface area (Å²) in [7, 11) is 0. The third-order valence-corrected chi connectivity index (χ3v) is 2.52. The van der Waals surface area contributed by atoms with Gasteiger partial charge in [0.05, 0.1) is 0 Å². The van der Waals surface area contributed by atoms with Crippen LogP contribution in [0.5, 0.6) is 0 Å². The molecule has 0 spiro atoms. The van der Waals surface area contributed by atoms with Gasteiger partial charge in [0.25, 0.3) is 0 Å². The van der Waals surface area contributed by atoms with E-state index in [4.69, 9.17) is 0 Å². The van der Waals surface area contributed by atoms with Gasteiger partial charge in [0.2, 0.25) is 0 Å². The van der Waals surface area contributed by atoms with Gasteiger partial charge in [0.15, 0.2) is 0 Å². The van der Waals surface area contributed by atoms with Gasteiger partial charge in [-0.25, -0.2) is 0 Å². The van der Waals surface area contributed by atoms with Crippen LogP contribution in [-0.4, -0.2) is 13.1 Å². The van der Waals surface area contributed by atoms with E-state index in [1.807, 2.05) is 0 Å². The molecular weight excluding hydrogens is 297 g/mol. The summed E-state index contributed by atoms with van der Waals surface area (Å²) < 4.78 is 1.25. The number of halogens is 1. The van der Waals surface area contributed by atoms with Crippen LogP contribution in [0.2, 0.25) is 0 Å². The van der Waals surface area contributed by atoms with Gasteiger partial charge in [-0.15, -0.1) is 11.8 Å². The molecule has 0 bridgehead atoms. The normalized spacial score (nSPS) is 9.47. The van der Waals surface area contributed by atoms with E-state index in [2.05, 4.69) is 53.3 Å². The van der Waals surface area contributed by atoms with E-state index >= 15 is 0 Å². The smallest absolute Gasteiger partial charge is 0.0214 e. The van der Waals surface area contributed by atoms with E-state index in [1.54, 1.807) is 0 Å². The van der Waals surface area contributed by atoms with Gasteiger partial charge in [-0.05, 0) is 58.4 Å². The standard InChI is InChI=1S/C13H22IN/c1-3-11-15-12-9-7-5-4-6-8-10-13(2)14/h15H,2-4,6,8-12H2,1H3. The molecule has 0 fully saturated rings. The predicted molar refractivity (Wildman–Crippen MR) is 77.2 cm³/mol. The largest absolute Gasteiger partial charge is 0.316 e. The maximum absolute atomic E-state index is 3.87. The van der Waals surface area contributed by atoms with E-state index < -0.39 is 0 Å². The van der Waals surface area contributed by atoms with E-state index in [9.17, 15) is 0 Å². The van der Waals surface area contributed by atoms with Crippen molar-refractivity contribution in [3.05, 3.63) is 10.2 Å². The lowest BCUT2D eigenvalue weighted by atomic mass is 10.2. The van der Waals surface area contributed by atoms with Crippen LogP contribution in [0.1, 0.15) is 45.4 Å². The third-order valence-electron chi connectivity index (χ3n) is 1.98. The second-order valence-electron chi connectivity index (χ2n) is 3.58. The quantitative estimate of drug-likeness (QED) is 0.407. The molecule has 0 aliphatic rings. The highest BCUT2D eigenvalue weighted by Crippen LogP contribution is 2.12. The van der Waals surface area contributed by atoms with Crippen LogP contribution in [0.3, 0.4) is 0 Å². The summed E-state index contributed by atoms with van der Waals surface area (Å²) in [5.74, 6) is 6.41. The Hall–Kier alpha value is -0.0100. The highest BCUT2D eigenvalue weighted by atomic mass is 127. The number of unbranched alkanes of at least 4 members (excludes halogenated alkanes) is 2. The van der Waals surface area contributed by atoms with Gasteiger partial charge in [-0.1, -0.05) is 13.5 Å². The fourth-order valence-electron chi connectivity index (χ4n) is 1.16. The van der Waals surface area contributed by atoms with Crippen LogP contribution in [0.25, 0.3) is 0 Å². The van der Waals surface area contributed by atoms with Gasteiger partial charge in [-0.3, -0.25) is 0 Å². The molecule has 0 aromatic rings. The van der Waals surface area contributed by atoms with Crippen molar-refractivity contribution in [1.29, 1.82) is 0 Å². The first-order valence-electron chi connectivity index (χ1n) is 5.77. The predicted octanol–water partition coefficient (Wildman–Crippen LogP) is 3.89. The van der Waals surface area contributed by atoms with Crippen LogP contribution in [-0.2, 0) is 0 Å². The SMILES string of the molecule is C=C(I)CCCCC#CCCNCCC. The average molecular weight is 319 g/mol. The van der Waals surface area contributed by atoms with Crippen LogP contribution in [0.4, 0.5) is 0 Å². The second-order valence-corrected chi connectivity index (χ2v) is 5.10. The molecule has 0 saturated carbocycles. The molecule has 0 aromatic heterocycles. The highest BCUT2D eigenvalue weighted by Gasteiger charge is 1.88. The highest BCUT2D eigenvalue weighted by molar-refractivity contribution is 14.1. The number of rotatable bonds is 8. The van der Waals surface area contributed by atoms with Gasteiger partial charge >= 0.3 is 0 Å². The van der Waals surface area contributed by atoms with Crippen molar-refractivity contribution < 1.29 is 0 Å². The van der Waals surface area contributed by atoms with Crippen molar-refractivity contribution in [1.82, 2.24) is 5.32 Å². The molecule has 0 atom stereocenters. The van der Waals surface area contributed by atoms with E-state index in [0.29, 0.717) is 0 Å². The summed E-state index contributed by atoms with van der Waals surface area (Å²) in [6, 6.07) is 0. The molecule has 0 aliphatic carbocycles.